The zero-order valence-electron chi connectivity index (χ0n) is 21.6. The normalized spacial score (nSPS) is 12.6. The number of sulfonamides is 1. The van der Waals surface area contributed by atoms with E-state index in [0.29, 0.717) is 47.0 Å². The number of aryl methyl sites for hydroxylation is 1. The molecule has 2 aromatic carbocycles. The number of nitrogens with zero attached hydrogens (tertiary/aromatic N) is 4. The Morgan fingerprint density at radius 1 is 1.19 bits per heavy atom. The molecule has 1 atom stereocenters. The van der Waals surface area contributed by atoms with E-state index in [9.17, 15) is 13.2 Å². The lowest BCUT2D eigenvalue weighted by Crippen LogP contribution is -2.30. The molecule has 0 bridgehead atoms. The molecular weight excluding hydrogens is 534 g/mol. The highest BCUT2D eigenvalue weighted by Gasteiger charge is 2.24. The number of halogens is 1. The van der Waals surface area contributed by atoms with Crippen LogP contribution in [0.2, 0.25) is 5.02 Å². The number of anilines is 1. The Morgan fingerprint density at radius 2 is 1.92 bits per heavy atom. The highest BCUT2D eigenvalue weighted by atomic mass is 35.5. The minimum absolute atomic E-state index is 0.0974. The maximum absolute atomic E-state index is 13.1. The molecule has 37 heavy (non-hydrogen) atoms. The van der Waals surface area contributed by atoms with Gasteiger partial charge in [0, 0.05) is 36.5 Å². The number of hydrogen-bond donors (Lipinski definition) is 1. The second kappa shape index (κ2) is 12.9. The number of ether oxygens (including phenoxy) is 1. The predicted octanol–water partition coefficient (Wildman–Crippen LogP) is 4.88. The minimum atomic E-state index is -3.64. The van der Waals surface area contributed by atoms with Crippen molar-refractivity contribution in [2.45, 2.75) is 43.8 Å². The van der Waals surface area contributed by atoms with Crippen LogP contribution in [0.5, 0.6) is 0 Å². The van der Waals surface area contributed by atoms with E-state index in [4.69, 9.17) is 16.3 Å². The number of carbonyl (C=O) groups excluding carboxylic acids is 1. The van der Waals surface area contributed by atoms with Gasteiger partial charge in [-0.3, -0.25) is 9.36 Å². The van der Waals surface area contributed by atoms with Crippen LogP contribution >= 0.6 is 23.4 Å². The molecule has 0 aliphatic carbocycles. The molecule has 1 aromatic heterocycles. The largest absolute Gasteiger partial charge is 0.383 e. The quantitative estimate of drug-likeness (QED) is 0.312. The van der Waals surface area contributed by atoms with Gasteiger partial charge < -0.3 is 10.1 Å². The molecule has 0 radical (unpaired) electrons. The first-order valence-electron chi connectivity index (χ1n) is 11.9. The summed E-state index contributed by atoms with van der Waals surface area (Å²) in [5, 5.41) is 12.6. The van der Waals surface area contributed by atoms with Crippen molar-refractivity contribution in [1.29, 1.82) is 0 Å². The molecule has 1 heterocycles. The Morgan fingerprint density at radius 3 is 2.59 bits per heavy atom. The molecule has 9 nitrogen and oxygen atoms in total. The smallest absolute Gasteiger partial charge is 0.243 e. The van der Waals surface area contributed by atoms with Gasteiger partial charge in [-0.1, -0.05) is 55.4 Å². The van der Waals surface area contributed by atoms with Crippen LogP contribution in [0.15, 0.2) is 52.5 Å². The first kappa shape index (κ1) is 29.1. The SMILES string of the molecule is CCN(CC)S(=O)(=O)c1cccc(-c2nnc(SCC(=O)Nc3cc(Cl)ccc3C)n2C(C)COC)c1. The lowest BCUT2D eigenvalue weighted by molar-refractivity contribution is -0.113. The van der Waals surface area contributed by atoms with Crippen molar-refractivity contribution < 1.29 is 17.9 Å². The van der Waals surface area contributed by atoms with Crippen LogP contribution in [0.1, 0.15) is 32.4 Å². The van der Waals surface area contributed by atoms with E-state index in [1.165, 1.54) is 16.1 Å². The van der Waals surface area contributed by atoms with Gasteiger partial charge in [-0.25, -0.2) is 8.42 Å². The maximum Gasteiger partial charge on any atom is 0.243 e. The number of methoxy groups -OCH3 is 1. The van der Waals surface area contributed by atoms with Crippen molar-refractivity contribution in [3.63, 3.8) is 0 Å². The van der Waals surface area contributed by atoms with E-state index in [0.717, 1.165) is 5.56 Å². The summed E-state index contributed by atoms with van der Waals surface area (Å²) in [6, 6.07) is 11.8. The summed E-state index contributed by atoms with van der Waals surface area (Å²) in [4.78, 5) is 12.9. The van der Waals surface area contributed by atoms with E-state index in [2.05, 4.69) is 15.5 Å². The van der Waals surface area contributed by atoms with Gasteiger partial charge in [0.05, 0.1) is 23.3 Å². The third kappa shape index (κ3) is 6.91. The molecule has 200 valence electrons. The number of benzene rings is 2. The topological polar surface area (TPSA) is 106 Å². The third-order valence-electron chi connectivity index (χ3n) is 5.75. The molecule has 0 aliphatic heterocycles. The van der Waals surface area contributed by atoms with Crippen molar-refractivity contribution in [3.8, 4) is 11.4 Å². The van der Waals surface area contributed by atoms with E-state index in [-0.39, 0.29) is 22.6 Å². The third-order valence-corrected chi connectivity index (χ3v) is 8.98. The van der Waals surface area contributed by atoms with Crippen LogP contribution in [-0.4, -0.2) is 66.0 Å². The highest BCUT2D eigenvalue weighted by Crippen LogP contribution is 2.30. The Kier molecular flexibility index (Phi) is 10.1. The van der Waals surface area contributed by atoms with E-state index < -0.39 is 10.0 Å². The van der Waals surface area contributed by atoms with E-state index in [1.54, 1.807) is 57.4 Å². The summed E-state index contributed by atoms with van der Waals surface area (Å²) >= 11 is 7.30. The fourth-order valence-electron chi connectivity index (χ4n) is 3.84. The molecule has 0 saturated heterocycles. The molecule has 0 fully saturated rings. The zero-order chi connectivity index (χ0) is 27.2. The van der Waals surface area contributed by atoms with E-state index >= 15 is 0 Å². The van der Waals surface area contributed by atoms with E-state index in [1.807, 2.05) is 24.5 Å². The summed E-state index contributed by atoms with van der Waals surface area (Å²) in [6.45, 7) is 8.59. The number of nitrogens with one attached hydrogen (secondary N) is 1. The van der Waals surface area contributed by atoms with Crippen LogP contribution in [0.25, 0.3) is 11.4 Å². The lowest BCUT2D eigenvalue weighted by Gasteiger charge is -2.20. The van der Waals surface area contributed by atoms with Crippen LogP contribution in [0.3, 0.4) is 0 Å². The number of rotatable bonds is 12. The molecular formula is C25H32ClN5O4S2. The zero-order valence-corrected chi connectivity index (χ0v) is 24.0. The Hall–Kier alpha value is -2.44. The molecule has 1 amide bonds. The Labute approximate surface area is 227 Å². The number of aromatic nitrogens is 3. The highest BCUT2D eigenvalue weighted by molar-refractivity contribution is 7.99. The second-order valence-electron chi connectivity index (χ2n) is 8.39. The van der Waals surface area contributed by atoms with Gasteiger partial charge in [0.1, 0.15) is 0 Å². The molecule has 0 saturated carbocycles. The van der Waals surface area contributed by atoms with Crippen LogP contribution in [-0.2, 0) is 19.6 Å². The molecule has 0 spiro atoms. The van der Waals surface area contributed by atoms with Crippen LogP contribution in [0, 0.1) is 6.92 Å². The molecule has 1 N–H and O–H groups in total. The van der Waals surface area contributed by atoms with Crippen LogP contribution < -0.4 is 5.32 Å². The van der Waals surface area contributed by atoms with Gasteiger partial charge in [-0.05, 0) is 43.7 Å². The fraction of sp³-hybridized carbons (Fsp3) is 0.400. The summed E-state index contributed by atoms with van der Waals surface area (Å²) in [5.41, 5.74) is 2.16. The maximum atomic E-state index is 13.1. The van der Waals surface area contributed by atoms with Crippen molar-refractivity contribution in [2.75, 3.05) is 37.9 Å². The Bertz CT molecular complexity index is 1340. The fourth-order valence-corrected chi connectivity index (χ4v) is 6.35. The molecule has 0 aliphatic rings. The molecule has 1 unspecified atom stereocenters. The van der Waals surface area contributed by atoms with Crippen molar-refractivity contribution in [3.05, 3.63) is 53.1 Å². The van der Waals surface area contributed by atoms with Gasteiger partial charge in [-0.2, -0.15) is 4.31 Å². The van der Waals surface area contributed by atoms with Gasteiger partial charge >= 0.3 is 0 Å². The second-order valence-corrected chi connectivity index (χ2v) is 11.7. The predicted molar refractivity (Wildman–Crippen MR) is 148 cm³/mol. The summed E-state index contributed by atoms with van der Waals surface area (Å²) in [5.74, 6) is 0.382. The number of amides is 1. The molecule has 3 aromatic rings. The van der Waals surface area contributed by atoms with Gasteiger partial charge in [0.25, 0.3) is 0 Å². The van der Waals surface area contributed by atoms with Gasteiger partial charge in [-0.15, -0.1) is 10.2 Å². The lowest BCUT2D eigenvalue weighted by atomic mass is 10.2. The van der Waals surface area contributed by atoms with Crippen molar-refractivity contribution >= 4 is 45.0 Å². The first-order chi connectivity index (χ1) is 17.6. The Balaban J connectivity index is 1.90. The number of hydrogen-bond acceptors (Lipinski definition) is 7. The minimum Gasteiger partial charge on any atom is -0.383 e. The van der Waals surface area contributed by atoms with Gasteiger partial charge in [0.15, 0.2) is 11.0 Å². The number of carbonyl (C=O) groups is 1. The monoisotopic (exact) mass is 565 g/mol. The van der Waals surface area contributed by atoms with Crippen LogP contribution in [0.4, 0.5) is 5.69 Å². The molecule has 3 rings (SSSR count). The summed E-state index contributed by atoms with van der Waals surface area (Å²) < 4.78 is 34.8. The van der Waals surface area contributed by atoms with Crippen molar-refractivity contribution in [2.24, 2.45) is 0 Å². The van der Waals surface area contributed by atoms with Gasteiger partial charge in [0.2, 0.25) is 15.9 Å². The molecule has 12 heteroatoms. The van der Waals surface area contributed by atoms with Crippen molar-refractivity contribution in [1.82, 2.24) is 19.1 Å². The standard InChI is InChI=1S/C25H32ClN5O4S2/c1-6-30(7-2)37(33,34)21-10-8-9-19(13-21)24-28-29-25(31(24)18(4)15-35-5)36-16-23(32)27-22-14-20(26)12-11-17(22)3/h8-14,18H,6-7,15-16H2,1-5H3,(H,27,32). The number of thioether (sulfide) groups is 1. The average Bonchev–Trinajstić information content (AvgIpc) is 3.30. The summed E-state index contributed by atoms with van der Waals surface area (Å²) in [7, 11) is -2.04. The first-order valence-corrected chi connectivity index (χ1v) is 14.7. The summed E-state index contributed by atoms with van der Waals surface area (Å²) in [6.07, 6.45) is 0. The average molecular weight is 566 g/mol.